The fraction of sp³-hybridized carbons (Fsp3) is 0.368. The molecule has 1 atom stereocenters. The number of aryl methyl sites for hydroxylation is 2. The van der Waals surface area contributed by atoms with E-state index in [1.807, 2.05) is 0 Å². The number of halogens is 6. The van der Waals surface area contributed by atoms with Gasteiger partial charge in [0.05, 0.1) is 17.4 Å². The summed E-state index contributed by atoms with van der Waals surface area (Å²) in [6.07, 6.45) is -7.15. The molecule has 0 spiro atoms. The van der Waals surface area contributed by atoms with Crippen LogP contribution >= 0.6 is 0 Å². The molecule has 0 unspecified atom stereocenters. The monoisotopic (exact) mass is 458 g/mol. The maximum absolute atomic E-state index is 13.0. The molecular weight excluding hydrogens is 442 g/mol. The summed E-state index contributed by atoms with van der Waals surface area (Å²) < 4.78 is 80.0. The first-order valence-corrected chi connectivity index (χ1v) is 9.47. The van der Waals surface area contributed by atoms with Crippen LogP contribution in [0.2, 0.25) is 0 Å². The number of amides is 1. The van der Waals surface area contributed by atoms with Gasteiger partial charge in [0.15, 0.2) is 5.69 Å². The second-order valence-electron chi connectivity index (χ2n) is 7.31. The molecule has 1 aliphatic rings. The Hall–Kier alpha value is -3.38. The van der Waals surface area contributed by atoms with E-state index < -0.39 is 35.7 Å². The van der Waals surface area contributed by atoms with Gasteiger partial charge in [0.1, 0.15) is 11.4 Å². The third-order valence-electron chi connectivity index (χ3n) is 5.09. The van der Waals surface area contributed by atoms with Crippen LogP contribution in [0, 0.1) is 0 Å². The lowest BCUT2D eigenvalue weighted by Gasteiger charge is -2.24. The molecule has 4 rings (SSSR count). The number of pyridine rings is 1. The maximum Gasteiger partial charge on any atom is 0.435 e. The van der Waals surface area contributed by atoms with E-state index in [2.05, 4.69) is 20.5 Å². The summed E-state index contributed by atoms with van der Waals surface area (Å²) in [4.78, 5) is 15.9. The molecule has 1 amide bonds. The van der Waals surface area contributed by atoms with E-state index in [0.717, 1.165) is 16.9 Å². The summed E-state index contributed by atoms with van der Waals surface area (Å²) in [5, 5.41) is 10.3. The highest BCUT2D eigenvalue weighted by atomic mass is 19.4. The summed E-state index contributed by atoms with van der Waals surface area (Å²) in [7, 11) is 1.23. The van der Waals surface area contributed by atoms with Crippen LogP contribution in [-0.4, -0.2) is 30.5 Å². The highest BCUT2D eigenvalue weighted by Gasteiger charge is 2.36. The molecule has 32 heavy (non-hydrogen) atoms. The fourth-order valence-electron chi connectivity index (χ4n) is 3.57. The first-order valence-electron chi connectivity index (χ1n) is 9.47. The van der Waals surface area contributed by atoms with Gasteiger partial charge >= 0.3 is 12.4 Å². The van der Waals surface area contributed by atoms with Gasteiger partial charge in [-0.05, 0) is 31.0 Å². The molecular formula is C19H16F6N6O. The van der Waals surface area contributed by atoms with Gasteiger partial charge < -0.3 is 5.32 Å². The van der Waals surface area contributed by atoms with E-state index in [0.29, 0.717) is 31.1 Å². The number of hydrogen-bond donors (Lipinski definition) is 1. The van der Waals surface area contributed by atoms with E-state index in [-0.39, 0.29) is 17.0 Å². The Morgan fingerprint density at radius 1 is 1.06 bits per heavy atom. The van der Waals surface area contributed by atoms with E-state index in [9.17, 15) is 31.1 Å². The van der Waals surface area contributed by atoms with Crippen molar-refractivity contribution in [3.63, 3.8) is 0 Å². The minimum Gasteiger partial charge on any atom is -0.342 e. The maximum atomic E-state index is 13.0. The molecule has 0 fully saturated rings. The number of nitrogens with one attached hydrogen (secondary N) is 1. The Morgan fingerprint density at radius 3 is 2.44 bits per heavy atom. The molecule has 0 aliphatic carbocycles. The zero-order chi connectivity index (χ0) is 23.3. The molecule has 0 saturated carbocycles. The second kappa shape index (κ2) is 7.64. The minimum atomic E-state index is -4.69. The third-order valence-corrected chi connectivity index (χ3v) is 5.09. The van der Waals surface area contributed by atoms with Crippen LogP contribution in [0.5, 0.6) is 0 Å². The van der Waals surface area contributed by atoms with Crippen molar-refractivity contribution in [2.75, 3.05) is 0 Å². The largest absolute Gasteiger partial charge is 0.435 e. The Morgan fingerprint density at radius 2 is 1.78 bits per heavy atom. The van der Waals surface area contributed by atoms with Crippen molar-refractivity contribution >= 4 is 5.91 Å². The number of rotatable bonds is 3. The van der Waals surface area contributed by atoms with Crippen molar-refractivity contribution in [1.29, 1.82) is 0 Å². The van der Waals surface area contributed by atoms with Crippen molar-refractivity contribution in [1.82, 2.24) is 29.9 Å². The Bertz CT molecular complexity index is 1160. The normalized spacial score (nSPS) is 16.7. The average Bonchev–Trinajstić information content (AvgIpc) is 3.32. The van der Waals surface area contributed by atoms with E-state index in [4.69, 9.17) is 0 Å². The summed E-state index contributed by atoms with van der Waals surface area (Å²) in [5.74, 6) is -0.750. The first-order chi connectivity index (χ1) is 14.9. The number of fused-ring (bicyclic) bond motifs is 1. The van der Waals surface area contributed by atoms with Crippen molar-refractivity contribution < 1.29 is 31.1 Å². The highest BCUT2D eigenvalue weighted by molar-refractivity contribution is 5.93. The zero-order valence-electron chi connectivity index (χ0n) is 16.5. The van der Waals surface area contributed by atoms with Gasteiger partial charge in [0.2, 0.25) is 0 Å². The van der Waals surface area contributed by atoms with Crippen LogP contribution in [-0.2, 0) is 25.9 Å². The van der Waals surface area contributed by atoms with Crippen LogP contribution in [0.15, 0.2) is 30.5 Å². The smallest absolute Gasteiger partial charge is 0.342 e. The second-order valence-corrected chi connectivity index (χ2v) is 7.31. The SMILES string of the molecule is Cn1nc(C(F)(F)F)cc1C(=O)N[C@@H]1CCCn2nc(-c3ccnc(C(F)(F)F)c3)cc21. The minimum absolute atomic E-state index is 0.209. The van der Waals surface area contributed by atoms with Crippen LogP contribution < -0.4 is 5.32 Å². The molecule has 1 N–H and O–H groups in total. The van der Waals surface area contributed by atoms with Crippen molar-refractivity contribution in [3.8, 4) is 11.3 Å². The molecule has 0 radical (unpaired) electrons. The van der Waals surface area contributed by atoms with Crippen molar-refractivity contribution in [3.05, 3.63) is 53.2 Å². The van der Waals surface area contributed by atoms with E-state index >= 15 is 0 Å². The summed E-state index contributed by atoms with van der Waals surface area (Å²) in [6.45, 7) is 0.489. The van der Waals surface area contributed by atoms with Gasteiger partial charge in [0, 0.05) is 31.4 Å². The number of carbonyl (C=O) groups is 1. The number of hydrogen-bond acceptors (Lipinski definition) is 4. The lowest BCUT2D eigenvalue weighted by molar-refractivity contribution is -0.142. The molecule has 1 aliphatic heterocycles. The van der Waals surface area contributed by atoms with Gasteiger partial charge in [-0.3, -0.25) is 19.1 Å². The van der Waals surface area contributed by atoms with Gasteiger partial charge in [0.25, 0.3) is 5.91 Å². The number of carbonyl (C=O) groups excluding carboxylic acids is 1. The van der Waals surface area contributed by atoms with Gasteiger partial charge in [-0.1, -0.05) is 0 Å². The molecule has 0 aromatic carbocycles. The molecule has 13 heteroatoms. The number of nitrogens with zero attached hydrogens (tertiary/aromatic N) is 5. The van der Waals surface area contributed by atoms with Gasteiger partial charge in [-0.15, -0.1) is 0 Å². The molecule has 3 aromatic rings. The Labute approximate surface area is 177 Å². The van der Waals surface area contributed by atoms with Crippen LogP contribution in [0.1, 0.15) is 46.5 Å². The van der Waals surface area contributed by atoms with Crippen LogP contribution in [0.4, 0.5) is 26.3 Å². The summed E-state index contributed by atoms with van der Waals surface area (Å²) in [5.41, 5.74) is -1.47. The third kappa shape index (κ3) is 4.18. The first kappa shape index (κ1) is 21.8. The fourth-order valence-corrected chi connectivity index (χ4v) is 3.57. The Kier molecular flexibility index (Phi) is 5.21. The molecule has 0 saturated heterocycles. The predicted molar refractivity (Wildman–Crippen MR) is 98.1 cm³/mol. The quantitative estimate of drug-likeness (QED) is 0.603. The van der Waals surface area contributed by atoms with Crippen molar-refractivity contribution in [2.24, 2.45) is 7.05 Å². The Balaban J connectivity index is 1.60. The summed E-state index contributed by atoms with van der Waals surface area (Å²) >= 11 is 0. The summed E-state index contributed by atoms with van der Waals surface area (Å²) in [6, 6.07) is 3.92. The van der Waals surface area contributed by atoms with Crippen LogP contribution in [0.25, 0.3) is 11.3 Å². The topological polar surface area (TPSA) is 77.6 Å². The van der Waals surface area contributed by atoms with Gasteiger partial charge in [-0.2, -0.15) is 36.5 Å². The van der Waals surface area contributed by atoms with E-state index in [1.54, 1.807) is 10.7 Å². The van der Waals surface area contributed by atoms with Crippen LogP contribution in [0.3, 0.4) is 0 Å². The highest BCUT2D eigenvalue weighted by Crippen LogP contribution is 2.33. The lowest BCUT2D eigenvalue weighted by atomic mass is 10.0. The predicted octanol–water partition coefficient (Wildman–Crippen LogP) is 3.98. The molecule has 170 valence electrons. The standard InChI is InChI=1S/C19H16F6N6O/c1-30-14(9-16(29-30)19(23,24)25)17(32)27-11-3-2-6-31-13(11)8-12(28-31)10-4-5-26-15(7-10)18(20,21)22/h4-5,7-9,11H,2-3,6H2,1H3,(H,27,32)/t11-/m1/s1. The molecule has 4 heterocycles. The number of aromatic nitrogens is 5. The van der Waals surface area contributed by atoms with E-state index in [1.165, 1.54) is 13.1 Å². The van der Waals surface area contributed by atoms with Gasteiger partial charge in [-0.25, -0.2) is 0 Å². The molecule has 0 bridgehead atoms. The lowest BCUT2D eigenvalue weighted by Crippen LogP contribution is -2.33. The number of alkyl halides is 6. The van der Waals surface area contributed by atoms with Crippen molar-refractivity contribution in [2.45, 2.75) is 37.8 Å². The molecule has 7 nitrogen and oxygen atoms in total. The average molecular weight is 458 g/mol. The molecule has 3 aromatic heterocycles. The zero-order valence-corrected chi connectivity index (χ0v) is 16.5.